The van der Waals surface area contributed by atoms with Crippen molar-refractivity contribution >= 4 is 22.8 Å². The Hall–Kier alpha value is -2.81. The van der Waals surface area contributed by atoms with Crippen molar-refractivity contribution < 1.29 is 13.2 Å². The number of nitrogens with zero attached hydrogens (tertiary/aromatic N) is 5. The van der Waals surface area contributed by atoms with Crippen molar-refractivity contribution in [2.24, 2.45) is 0 Å². The molecule has 1 atom stereocenters. The molecule has 5 nitrogen and oxygen atoms in total. The van der Waals surface area contributed by atoms with Crippen LogP contribution in [0.5, 0.6) is 0 Å². The van der Waals surface area contributed by atoms with Crippen LogP contribution in [0, 0.1) is 5.82 Å². The molecule has 1 aliphatic rings. The molecule has 154 valence electrons. The Labute approximate surface area is 174 Å². The van der Waals surface area contributed by atoms with Crippen molar-refractivity contribution in [1.29, 1.82) is 0 Å². The molecule has 1 unspecified atom stereocenters. The zero-order valence-electron chi connectivity index (χ0n) is 16.0. The van der Waals surface area contributed by atoms with Crippen LogP contribution in [-0.4, -0.2) is 24.3 Å². The summed E-state index contributed by atoms with van der Waals surface area (Å²) in [6, 6.07) is 13.5. The maximum Gasteiger partial charge on any atom is 0.320 e. The molecule has 1 aliphatic carbocycles. The molecule has 0 spiro atoms. The Morgan fingerprint density at radius 2 is 1.77 bits per heavy atom. The first-order valence-electron chi connectivity index (χ1n) is 9.66. The fraction of sp³-hybridized carbons (Fsp3) is 0.286. The van der Waals surface area contributed by atoms with E-state index in [2.05, 4.69) is 15.2 Å². The van der Waals surface area contributed by atoms with Gasteiger partial charge in [0.05, 0.1) is 21.8 Å². The number of rotatable bonds is 6. The summed E-state index contributed by atoms with van der Waals surface area (Å²) in [6.07, 6.45) is 1.91. The van der Waals surface area contributed by atoms with Crippen LogP contribution in [0.4, 0.5) is 13.2 Å². The third kappa shape index (κ3) is 3.27. The Morgan fingerprint density at radius 1 is 1.03 bits per heavy atom. The van der Waals surface area contributed by atoms with Crippen LogP contribution in [0.25, 0.3) is 22.4 Å². The lowest BCUT2D eigenvalue weighted by atomic mass is 10.2. The average Bonchev–Trinajstić information content (AvgIpc) is 3.36. The highest BCUT2D eigenvalue weighted by Crippen LogP contribution is 2.44. The standard InChI is InChI=1S/C21H18F3N5S/c1-12(18-25-16-8-4-5-9-17(16)29(18)20(23)24)30-21-27-26-19(28(21)13-10-11-13)14-6-2-3-7-15(14)22/h2-9,12-13,20H,10-11H2,1H3. The summed E-state index contributed by atoms with van der Waals surface area (Å²) in [5.41, 5.74) is 1.30. The van der Waals surface area contributed by atoms with E-state index in [9.17, 15) is 13.2 Å². The number of imidazole rings is 1. The highest BCUT2D eigenvalue weighted by atomic mass is 32.2. The van der Waals surface area contributed by atoms with E-state index >= 15 is 0 Å². The molecule has 0 aliphatic heterocycles. The van der Waals surface area contributed by atoms with Crippen LogP contribution in [0.15, 0.2) is 53.7 Å². The van der Waals surface area contributed by atoms with E-state index in [1.54, 1.807) is 42.5 Å². The van der Waals surface area contributed by atoms with E-state index in [0.29, 0.717) is 27.6 Å². The predicted molar refractivity (Wildman–Crippen MR) is 109 cm³/mol. The third-order valence-electron chi connectivity index (χ3n) is 5.16. The van der Waals surface area contributed by atoms with Crippen molar-refractivity contribution in [3.63, 3.8) is 0 Å². The van der Waals surface area contributed by atoms with Gasteiger partial charge in [-0.05, 0) is 44.0 Å². The van der Waals surface area contributed by atoms with Crippen LogP contribution in [0.2, 0.25) is 0 Å². The number of halogens is 3. The minimum Gasteiger partial charge on any atom is -0.299 e. The highest BCUT2D eigenvalue weighted by molar-refractivity contribution is 7.99. The third-order valence-corrected chi connectivity index (χ3v) is 6.21. The van der Waals surface area contributed by atoms with Gasteiger partial charge in [-0.2, -0.15) is 8.78 Å². The molecule has 0 bridgehead atoms. The smallest absolute Gasteiger partial charge is 0.299 e. The van der Waals surface area contributed by atoms with Crippen molar-refractivity contribution in [3.8, 4) is 11.4 Å². The SMILES string of the molecule is CC(Sc1nnc(-c2ccccc2F)n1C1CC1)c1nc2ccccc2n1C(F)F. The van der Waals surface area contributed by atoms with E-state index in [1.165, 1.54) is 17.8 Å². The minimum atomic E-state index is -2.70. The summed E-state index contributed by atoms with van der Waals surface area (Å²) in [4.78, 5) is 4.44. The summed E-state index contributed by atoms with van der Waals surface area (Å²) in [5.74, 6) is 0.373. The molecule has 30 heavy (non-hydrogen) atoms. The summed E-state index contributed by atoms with van der Waals surface area (Å²) >= 11 is 1.31. The molecular formula is C21H18F3N5S. The zero-order chi connectivity index (χ0) is 20.8. The molecule has 0 amide bonds. The van der Waals surface area contributed by atoms with Crippen LogP contribution in [0.3, 0.4) is 0 Å². The molecule has 0 N–H and O–H groups in total. The monoisotopic (exact) mass is 429 g/mol. The number of benzene rings is 2. The Balaban J connectivity index is 1.54. The molecule has 0 radical (unpaired) electrons. The maximum absolute atomic E-state index is 14.4. The van der Waals surface area contributed by atoms with Crippen LogP contribution < -0.4 is 0 Å². The molecule has 4 aromatic rings. The lowest BCUT2D eigenvalue weighted by Gasteiger charge is -2.15. The second-order valence-corrected chi connectivity index (χ2v) is 8.56. The predicted octanol–water partition coefficient (Wildman–Crippen LogP) is 6.02. The Morgan fingerprint density at radius 3 is 2.50 bits per heavy atom. The Bertz CT molecular complexity index is 1210. The zero-order valence-corrected chi connectivity index (χ0v) is 16.9. The molecule has 0 saturated heterocycles. The lowest BCUT2D eigenvalue weighted by Crippen LogP contribution is -2.07. The van der Waals surface area contributed by atoms with Gasteiger partial charge < -0.3 is 0 Å². The molecule has 2 aromatic heterocycles. The summed E-state index contributed by atoms with van der Waals surface area (Å²) < 4.78 is 44.9. The van der Waals surface area contributed by atoms with E-state index < -0.39 is 11.8 Å². The van der Waals surface area contributed by atoms with Gasteiger partial charge in [0, 0.05) is 6.04 Å². The van der Waals surface area contributed by atoms with Crippen LogP contribution in [0.1, 0.15) is 43.4 Å². The molecule has 2 aromatic carbocycles. The highest BCUT2D eigenvalue weighted by Gasteiger charge is 2.32. The van der Waals surface area contributed by atoms with Gasteiger partial charge in [0.1, 0.15) is 11.6 Å². The quantitative estimate of drug-likeness (QED) is 0.352. The van der Waals surface area contributed by atoms with Crippen molar-refractivity contribution in [2.75, 3.05) is 0 Å². The molecule has 9 heteroatoms. The van der Waals surface area contributed by atoms with Gasteiger partial charge in [-0.3, -0.25) is 9.13 Å². The molecule has 5 rings (SSSR count). The van der Waals surface area contributed by atoms with Gasteiger partial charge in [0.25, 0.3) is 0 Å². The van der Waals surface area contributed by atoms with E-state index in [1.807, 2.05) is 11.5 Å². The van der Waals surface area contributed by atoms with Gasteiger partial charge >= 0.3 is 6.55 Å². The van der Waals surface area contributed by atoms with E-state index in [-0.39, 0.29) is 17.7 Å². The first kappa shape index (κ1) is 19.2. The number of para-hydroxylation sites is 2. The number of hydrogen-bond donors (Lipinski definition) is 0. The number of hydrogen-bond acceptors (Lipinski definition) is 4. The molecule has 1 fully saturated rings. The van der Waals surface area contributed by atoms with Crippen molar-refractivity contribution in [1.82, 2.24) is 24.3 Å². The van der Waals surface area contributed by atoms with Crippen molar-refractivity contribution in [2.45, 2.75) is 42.8 Å². The summed E-state index contributed by atoms with van der Waals surface area (Å²) in [7, 11) is 0. The maximum atomic E-state index is 14.4. The van der Waals surface area contributed by atoms with Gasteiger partial charge in [-0.15, -0.1) is 10.2 Å². The van der Waals surface area contributed by atoms with E-state index in [4.69, 9.17) is 0 Å². The average molecular weight is 429 g/mol. The topological polar surface area (TPSA) is 48.5 Å². The fourth-order valence-corrected chi connectivity index (χ4v) is 4.64. The summed E-state index contributed by atoms with van der Waals surface area (Å²) in [6.45, 7) is -0.884. The molecular weight excluding hydrogens is 411 g/mol. The number of aromatic nitrogens is 5. The van der Waals surface area contributed by atoms with Crippen molar-refractivity contribution in [3.05, 3.63) is 60.2 Å². The summed E-state index contributed by atoms with van der Waals surface area (Å²) in [5, 5.41) is 8.68. The second-order valence-electron chi connectivity index (χ2n) is 7.25. The van der Waals surface area contributed by atoms with Gasteiger partial charge in [0.15, 0.2) is 11.0 Å². The minimum absolute atomic E-state index is 0.193. The molecule has 2 heterocycles. The van der Waals surface area contributed by atoms with Crippen LogP contribution in [-0.2, 0) is 0 Å². The molecule has 1 saturated carbocycles. The Kier molecular flexibility index (Phi) is 4.77. The fourth-order valence-electron chi connectivity index (χ4n) is 3.61. The first-order valence-corrected chi connectivity index (χ1v) is 10.5. The number of fused-ring (bicyclic) bond motifs is 1. The number of alkyl halides is 2. The van der Waals surface area contributed by atoms with Crippen LogP contribution >= 0.6 is 11.8 Å². The number of thioether (sulfide) groups is 1. The van der Waals surface area contributed by atoms with E-state index in [0.717, 1.165) is 17.4 Å². The largest absolute Gasteiger partial charge is 0.320 e. The lowest BCUT2D eigenvalue weighted by molar-refractivity contribution is 0.0715. The normalized spacial score (nSPS) is 15.2. The van der Waals surface area contributed by atoms with Gasteiger partial charge in [-0.1, -0.05) is 36.0 Å². The second kappa shape index (κ2) is 7.46. The van der Waals surface area contributed by atoms with Gasteiger partial charge in [-0.25, -0.2) is 9.37 Å². The first-order chi connectivity index (χ1) is 14.5. The van der Waals surface area contributed by atoms with Gasteiger partial charge in [0.2, 0.25) is 0 Å².